The number of hydrogen-bond donors (Lipinski definition) is 1. The molecule has 1 aliphatic heterocycles. The molecule has 4 aromatic heterocycles. The van der Waals surface area contributed by atoms with Crippen LogP contribution in [0, 0.1) is 13.8 Å². The third kappa shape index (κ3) is 4.22. The Labute approximate surface area is 211 Å². The molecule has 5 aromatic rings. The number of aryl methyl sites for hydroxylation is 2. The van der Waals surface area contributed by atoms with E-state index in [2.05, 4.69) is 66.8 Å². The van der Waals surface area contributed by atoms with Crippen molar-refractivity contribution < 1.29 is 0 Å². The van der Waals surface area contributed by atoms with E-state index in [1.165, 1.54) is 5.52 Å². The van der Waals surface area contributed by atoms with E-state index in [1.54, 1.807) is 23.1 Å². The summed E-state index contributed by atoms with van der Waals surface area (Å²) in [5.74, 6) is 2.02. The normalized spacial score (nSPS) is 15.1. The van der Waals surface area contributed by atoms with Crippen LogP contribution >= 0.6 is 23.1 Å². The minimum Gasteiger partial charge on any atom is -0.352 e. The van der Waals surface area contributed by atoms with E-state index in [9.17, 15) is 4.79 Å². The maximum atomic E-state index is 12.5. The summed E-state index contributed by atoms with van der Waals surface area (Å²) >= 11 is 3.25. The number of aromatic nitrogens is 4. The van der Waals surface area contributed by atoms with Crippen LogP contribution in [-0.2, 0) is 0 Å². The molecule has 35 heavy (non-hydrogen) atoms. The Balaban J connectivity index is 1.05. The van der Waals surface area contributed by atoms with Gasteiger partial charge in [-0.2, -0.15) is 0 Å². The van der Waals surface area contributed by atoms with Crippen molar-refractivity contribution in [3.05, 3.63) is 63.4 Å². The lowest BCUT2D eigenvalue weighted by Crippen LogP contribution is -2.47. The molecule has 180 valence electrons. The van der Waals surface area contributed by atoms with Gasteiger partial charge in [0.1, 0.15) is 4.83 Å². The maximum absolute atomic E-state index is 12.5. The second-order valence-electron chi connectivity index (χ2n) is 9.05. The summed E-state index contributed by atoms with van der Waals surface area (Å²) in [7, 11) is 0. The number of hydrogen-bond acceptors (Lipinski definition) is 7. The van der Waals surface area contributed by atoms with E-state index in [0.29, 0.717) is 0 Å². The minimum atomic E-state index is -0.0186. The molecule has 0 aliphatic carbocycles. The number of rotatable bonds is 6. The van der Waals surface area contributed by atoms with Gasteiger partial charge in [-0.3, -0.25) is 9.69 Å². The number of benzene rings is 1. The number of fused-ring (bicyclic) bond motifs is 4. The molecule has 0 radical (unpaired) electrons. The molecule has 1 N–H and O–H groups in total. The van der Waals surface area contributed by atoms with Gasteiger partial charge in [-0.15, -0.1) is 11.3 Å². The number of para-hydroxylation sites is 2. The summed E-state index contributed by atoms with van der Waals surface area (Å²) in [5.41, 5.74) is 4.37. The molecule has 0 atom stereocenters. The molecule has 7 nitrogen and oxygen atoms in total. The zero-order valence-corrected chi connectivity index (χ0v) is 21.6. The van der Waals surface area contributed by atoms with E-state index in [1.807, 2.05) is 13.8 Å². The van der Waals surface area contributed by atoms with Crippen LogP contribution in [-0.4, -0.2) is 62.7 Å². The summed E-state index contributed by atoms with van der Waals surface area (Å²) in [6.07, 6.45) is 3.18. The second-order valence-corrected chi connectivity index (χ2v) is 11.3. The molecular weight excluding hydrogens is 476 g/mol. The highest BCUT2D eigenvalue weighted by atomic mass is 32.2. The predicted octanol–water partition coefficient (Wildman–Crippen LogP) is 4.71. The largest absolute Gasteiger partial charge is 0.352 e. The van der Waals surface area contributed by atoms with Gasteiger partial charge in [0.25, 0.3) is 5.56 Å². The number of thioether (sulfide) groups is 1. The molecule has 0 bridgehead atoms. The van der Waals surface area contributed by atoms with Gasteiger partial charge in [0.2, 0.25) is 0 Å². The number of piperazine rings is 1. The van der Waals surface area contributed by atoms with Gasteiger partial charge < -0.3 is 14.3 Å². The van der Waals surface area contributed by atoms with E-state index >= 15 is 0 Å². The smallest absolute Gasteiger partial charge is 0.260 e. The topological polar surface area (TPSA) is 69.5 Å². The van der Waals surface area contributed by atoms with Crippen molar-refractivity contribution in [2.24, 2.45) is 0 Å². The average Bonchev–Trinajstić information content (AvgIpc) is 3.47. The molecule has 0 amide bonds. The second kappa shape index (κ2) is 9.29. The summed E-state index contributed by atoms with van der Waals surface area (Å²) in [5, 5.41) is 1.47. The molecule has 1 aliphatic rings. The average molecular weight is 505 g/mol. The highest BCUT2D eigenvalue weighted by Gasteiger charge is 2.21. The van der Waals surface area contributed by atoms with Gasteiger partial charge in [-0.25, -0.2) is 9.97 Å². The van der Waals surface area contributed by atoms with Crippen LogP contribution in [0.25, 0.3) is 26.8 Å². The van der Waals surface area contributed by atoms with Gasteiger partial charge in [-0.05, 0) is 56.6 Å². The first-order chi connectivity index (χ1) is 17.1. The zero-order chi connectivity index (χ0) is 23.9. The molecule has 0 saturated carbocycles. The lowest BCUT2D eigenvalue weighted by Gasteiger charge is -2.35. The molecule has 9 heteroatoms. The van der Waals surface area contributed by atoms with Crippen molar-refractivity contribution in [3.63, 3.8) is 0 Å². The van der Waals surface area contributed by atoms with Crippen molar-refractivity contribution in [2.75, 3.05) is 43.4 Å². The molecule has 1 aromatic carbocycles. The summed E-state index contributed by atoms with van der Waals surface area (Å²) < 4.78 is 2.25. The fourth-order valence-electron chi connectivity index (χ4n) is 4.88. The van der Waals surface area contributed by atoms with Crippen LogP contribution in [0.15, 0.2) is 52.5 Å². The van der Waals surface area contributed by atoms with Gasteiger partial charge in [0.15, 0.2) is 11.0 Å². The van der Waals surface area contributed by atoms with E-state index in [4.69, 9.17) is 4.98 Å². The Kier molecular flexibility index (Phi) is 5.99. The minimum absolute atomic E-state index is 0.0186. The van der Waals surface area contributed by atoms with Crippen LogP contribution in [0.2, 0.25) is 0 Å². The summed E-state index contributed by atoms with van der Waals surface area (Å²) in [6.45, 7) is 9.10. The quantitative estimate of drug-likeness (QED) is 0.205. The Morgan fingerprint density at radius 2 is 1.83 bits per heavy atom. The molecule has 6 rings (SSSR count). The van der Waals surface area contributed by atoms with Gasteiger partial charge >= 0.3 is 0 Å². The Bertz CT molecular complexity index is 1580. The number of aromatic amines is 1. The SMILES string of the molecule is Cc1sc2nc(SCCCN3CCN(c4nc5ccccc5n5cccc45)CC3)[nH]c(=O)c2c1C. The van der Waals surface area contributed by atoms with Gasteiger partial charge in [0, 0.05) is 43.0 Å². The van der Waals surface area contributed by atoms with E-state index < -0.39 is 0 Å². The zero-order valence-electron chi connectivity index (χ0n) is 20.0. The first kappa shape index (κ1) is 22.6. The van der Waals surface area contributed by atoms with Crippen molar-refractivity contribution in [1.82, 2.24) is 24.3 Å². The first-order valence-corrected chi connectivity index (χ1v) is 13.8. The van der Waals surface area contributed by atoms with Crippen LogP contribution in [0.3, 0.4) is 0 Å². The van der Waals surface area contributed by atoms with E-state index in [-0.39, 0.29) is 5.56 Å². The standard InChI is InChI=1S/C26H28N6OS2/c1-17-18(2)35-25-22(17)24(33)28-26(29-25)34-16-6-10-30-12-14-31(15-13-30)23-21-9-5-11-32(21)20-8-4-3-7-19(20)27-23/h3-5,7-9,11H,6,10,12-16H2,1-2H3,(H,28,29,33). The van der Waals surface area contributed by atoms with Gasteiger partial charge in [0.05, 0.1) is 21.9 Å². The number of nitrogens with zero attached hydrogens (tertiary/aromatic N) is 5. The highest BCUT2D eigenvalue weighted by molar-refractivity contribution is 7.99. The van der Waals surface area contributed by atoms with Gasteiger partial charge in [-0.1, -0.05) is 23.9 Å². The van der Waals surface area contributed by atoms with Crippen LogP contribution < -0.4 is 10.5 Å². The lowest BCUT2D eigenvalue weighted by atomic mass is 10.2. The lowest BCUT2D eigenvalue weighted by molar-refractivity contribution is 0.259. The van der Waals surface area contributed by atoms with Crippen molar-refractivity contribution in [1.29, 1.82) is 0 Å². The van der Waals surface area contributed by atoms with Crippen LogP contribution in [0.4, 0.5) is 5.82 Å². The molecule has 5 heterocycles. The predicted molar refractivity (Wildman–Crippen MR) is 146 cm³/mol. The highest BCUT2D eigenvalue weighted by Crippen LogP contribution is 2.28. The first-order valence-electron chi connectivity index (χ1n) is 12.0. The molecule has 1 fully saturated rings. The number of anilines is 1. The molecule has 0 unspecified atom stereocenters. The van der Waals surface area contributed by atoms with Crippen molar-refractivity contribution in [2.45, 2.75) is 25.4 Å². The summed E-state index contributed by atoms with van der Waals surface area (Å²) in [6, 6.07) is 12.6. The maximum Gasteiger partial charge on any atom is 0.260 e. The van der Waals surface area contributed by atoms with Crippen LogP contribution in [0.1, 0.15) is 16.9 Å². The molecule has 1 saturated heterocycles. The number of thiophene rings is 1. The molecule has 0 spiro atoms. The third-order valence-corrected chi connectivity index (χ3v) is 8.95. The Hall–Kier alpha value is -2.88. The number of H-pyrrole nitrogens is 1. The number of nitrogens with one attached hydrogen (secondary N) is 1. The Morgan fingerprint density at radius 1 is 1.03 bits per heavy atom. The van der Waals surface area contributed by atoms with E-state index in [0.717, 1.165) is 87.6 Å². The van der Waals surface area contributed by atoms with Crippen molar-refractivity contribution >= 4 is 55.7 Å². The monoisotopic (exact) mass is 504 g/mol. The summed E-state index contributed by atoms with van der Waals surface area (Å²) in [4.78, 5) is 32.1. The fraction of sp³-hybridized carbons (Fsp3) is 0.346. The van der Waals surface area contributed by atoms with Crippen LogP contribution in [0.5, 0.6) is 0 Å². The Morgan fingerprint density at radius 3 is 2.69 bits per heavy atom. The third-order valence-electron chi connectivity index (χ3n) is 6.89. The molecular formula is C26H28N6OS2. The fourth-order valence-corrected chi connectivity index (χ4v) is 6.76. The van der Waals surface area contributed by atoms with Crippen molar-refractivity contribution in [3.8, 4) is 0 Å².